The van der Waals surface area contributed by atoms with Crippen molar-refractivity contribution >= 4 is 0 Å². The number of hydrogen-bond donors (Lipinski definition) is 2. The fraction of sp³-hybridized carbons (Fsp3) is 0.400. The van der Waals surface area contributed by atoms with Gasteiger partial charge in [0.1, 0.15) is 24.3 Å². The number of benzene rings is 1. The Bertz CT molecular complexity index is 624. The smallest absolute Gasteiger partial charge is 0.434 e. The maximum atomic E-state index is 12.5. The Morgan fingerprint density at radius 2 is 1.91 bits per heavy atom. The molecule has 1 unspecified atom stereocenters. The normalized spacial score (nSPS) is 13.3. The third kappa shape index (κ3) is 4.97. The van der Waals surface area contributed by atoms with Crippen molar-refractivity contribution in [3.8, 4) is 17.1 Å². The van der Waals surface area contributed by atoms with E-state index < -0.39 is 18.0 Å². The standard InChI is InChI=1S/C15H18F3N3O2/c1-21(2)8-11(22)9-23-12-5-3-10(4-6-12)14-19-7-13(20-14)15(16,17)18/h3-7,11,22H,8-9H2,1-2H3,(H,19,20). The van der Waals surface area contributed by atoms with E-state index in [0.717, 1.165) is 6.20 Å². The summed E-state index contributed by atoms with van der Waals surface area (Å²) in [6.45, 7) is 0.612. The van der Waals surface area contributed by atoms with Crippen LogP contribution in [0, 0.1) is 0 Å². The molecule has 0 saturated heterocycles. The van der Waals surface area contributed by atoms with Crippen LogP contribution in [0.25, 0.3) is 11.4 Å². The van der Waals surface area contributed by atoms with Gasteiger partial charge in [0.15, 0.2) is 5.69 Å². The van der Waals surface area contributed by atoms with Gasteiger partial charge in [-0.25, -0.2) is 4.98 Å². The maximum Gasteiger partial charge on any atom is 0.434 e. The first-order chi connectivity index (χ1) is 10.8. The van der Waals surface area contributed by atoms with Crippen LogP contribution in [0.2, 0.25) is 0 Å². The van der Waals surface area contributed by atoms with Gasteiger partial charge in [0, 0.05) is 18.3 Å². The Hall–Kier alpha value is -2.06. The first-order valence-electron chi connectivity index (χ1n) is 6.94. The van der Waals surface area contributed by atoms with Gasteiger partial charge in [0.2, 0.25) is 0 Å². The molecule has 23 heavy (non-hydrogen) atoms. The van der Waals surface area contributed by atoms with Crippen molar-refractivity contribution in [3.63, 3.8) is 0 Å². The molecule has 5 nitrogen and oxygen atoms in total. The minimum atomic E-state index is -4.47. The quantitative estimate of drug-likeness (QED) is 0.854. The number of likely N-dealkylation sites (N-methyl/N-ethyl adjacent to an activating group) is 1. The van der Waals surface area contributed by atoms with E-state index in [1.165, 1.54) is 0 Å². The number of alkyl halides is 3. The van der Waals surface area contributed by atoms with Crippen molar-refractivity contribution in [1.82, 2.24) is 14.9 Å². The van der Waals surface area contributed by atoms with E-state index in [4.69, 9.17) is 4.74 Å². The molecule has 0 fully saturated rings. The van der Waals surface area contributed by atoms with Crippen molar-refractivity contribution in [3.05, 3.63) is 36.2 Å². The van der Waals surface area contributed by atoms with Gasteiger partial charge in [-0.3, -0.25) is 0 Å². The third-order valence-electron chi connectivity index (χ3n) is 3.01. The summed E-state index contributed by atoms with van der Waals surface area (Å²) in [7, 11) is 3.69. The number of imidazole rings is 1. The van der Waals surface area contributed by atoms with Crippen LogP contribution < -0.4 is 4.74 Å². The molecule has 8 heteroatoms. The molecule has 1 atom stereocenters. The number of nitrogens with one attached hydrogen (secondary N) is 1. The molecule has 0 aliphatic carbocycles. The SMILES string of the molecule is CN(C)CC(O)COc1ccc(-c2nc(C(F)(F)F)c[nH]2)cc1. The van der Waals surface area contributed by atoms with Crippen LogP contribution in [-0.4, -0.2) is 53.3 Å². The van der Waals surface area contributed by atoms with E-state index in [2.05, 4.69) is 9.97 Å². The number of aliphatic hydroxyl groups is 1. The van der Waals surface area contributed by atoms with E-state index in [9.17, 15) is 18.3 Å². The summed E-state index contributed by atoms with van der Waals surface area (Å²) in [6.07, 6.45) is -4.26. The number of aromatic nitrogens is 2. The second-order valence-corrected chi connectivity index (χ2v) is 5.38. The van der Waals surface area contributed by atoms with Gasteiger partial charge in [-0.15, -0.1) is 0 Å². The minimum Gasteiger partial charge on any atom is -0.491 e. The van der Waals surface area contributed by atoms with Gasteiger partial charge >= 0.3 is 6.18 Å². The highest BCUT2D eigenvalue weighted by molar-refractivity contribution is 5.56. The van der Waals surface area contributed by atoms with Crippen molar-refractivity contribution in [1.29, 1.82) is 0 Å². The van der Waals surface area contributed by atoms with E-state index >= 15 is 0 Å². The second kappa shape index (κ2) is 7.01. The molecule has 0 aliphatic rings. The molecule has 0 spiro atoms. The lowest BCUT2D eigenvalue weighted by molar-refractivity contribution is -0.140. The van der Waals surface area contributed by atoms with Crippen LogP contribution >= 0.6 is 0 Å². The first kappa shape index (κ1) is 17.3. The van der Waals surface area contributed by atoms with Crippen LogP contribution in [0.4, 0.5) is 13.2 Å². The number of rotatable bonds is 6. The molecule has 1 heterocycles. The monoisotopic (exact) mass is 329 g/mol. The summed E-state index contributed by atoms with van der Waals surface area (Å²) in [6, 6.07) is 6.44. The van der Waals surface area contributed by atoms with Crippen molar-refractivity contribution in [2.75, 3.05) is 27.2 Å². The number of aliphatic hydroxyl groups excluding tert-OH is 1. The van der Waals surface area contributed by atoms with Crippen molar-refractivity contribution < 1.29 is 23.0 Å². The maximum absolute atomic E-state index is 12.5. The van der Waals surface area contributed by atoms with Crippen LogP contribution in [0.5, 0.6) is 5.75 Å². The molecule has 2 N–H and O–H groups in total. The molecule has 126 valence electrons. The molecular formula is C15H18F3N3O2. The number of halogens is 3. The Balaban J connectivity index is 1.98. The van der Waals surface area contributed by atoms with Crippen LogP contribution in [0.15, 0.2) is 30.5 Å². The average molecular weight is 329 g/mol. The van der Waals surface area contributed by atoms with E-state index in [1.807, 2.05) is 19.0 Å². The third-order valence-corrected chi connectivity index (χ3v) is 3.01. The van der Waals surface area contributed by atoms with Gasteiger partial charge < -0.3 is 19.7 Å². The van der Waals surface area contributed by atoms with Gasteiger partial charge in [-0.05, 0) is 38.4 Å². The second-order valence-electron chi connectivity index (χ2n) is 5.38. The van der Waals surface area contributed by atoms with Gasteiger partial charge in [-0.1, -0.05) is 0 Å². The number of nitrogens with zero attached hydrogens (tertiary/aromatic N) is 2. The molecule has 2 aromatic rings. The molecular weight excluding hydrogens is 311 g/mol. The zero-order valence-electron chi connectivity index (χ0n) is 12.8. The summed E-state index contributed by atoms with van der Waals surface area (Å²) in [5.74, 6) is 0.658. The van der Waals surface area contributed by atoms with Gasteiger partial charge in [0.05, 0.1) is 0 Å². The number of H-pyrrole nitrogens is 1. The zero-order valence-corrected chi connectivity index (χ0v) is 12.8. The Labute approximate surface area is 131 Å². The Morgan fingerprint density at radius 3 is 2.43 bits per heavy atom. The summed E-state index contributed by atoms with van der Waals surface area (Å²) < 4.78 is 43.0. The highest BCUT2D eigenvalue weighted by Crippen LogP contribution is 2.29. The van der Waals surface area contributed by atoms with Crippen LogP contribution in [0.3, 0.4) is 0 Å². The average Bonchev–Trinajstić information content (AvgIpc) is 2.95. The molecule has 2 rings (SSSR count). The van der Waals surface area contributed by atoms with Crippen LogP contribution in [0.1, 0.15) is 5.69 Å². The predicted octanol–water partition coefficient (Wildman–Crippen LogP) is 2.40. The van der Waals surface area contributed by atoms with E-state index in [-0.39, 0.29) is 12.4 Å². The van der Waals surface area contributed by atoms with Gasteiger partial charge in [0.25, 0.3) is 0 Å². The number of aromatic amines is 1. The lowest BCUT2D eigenvalue weighted by Gasteiger charge is -2.16. The molecule has 0 radical (unpaired) electrons. The van der Waals surface area contributed by atoms with Crippen molar-refractivity contribution in [2.45, 2.75) is 12.3 Å². The predicted molar refractivity (Wildman–Crippen MR) is 79.1 cm³/mol. The fourth-order valence-electron chi connectivity index (χ4n) is 1.99. The lowest BCUT2D eigenvalue weighted by Crippen LogP contribution is -2.30. The van der Waals surface area contributed by atoms with Crippen molar-refractivity contribution in [2.24, 2.45) is 0 Å². The summed E-state index contributed by atoms with van der Waals surface area (Å²) in [5.41, 5.74) is -0.443. The topological polar surface area (TPSA) is 61.4 Å². The molecule has 0 aliphatic heterocycles. The highest BCUT2D eigenvalue weighted by atomic mass is 19.4. The molecule has 0 amide bonds. The van der Waals surface area contributed by atoms with E-state index in [0.29, 0.717) is 17.9 Å². The largest absolute Gasteiger partial charge is 0.491 e. The first-order valence-corrected chi connectivity index (χ1v) is 6.94. The Morgan fingerprint density at radius 1 is 1.26 bits per heavy atom. The zero-order chi connectivity index (χ0) is 17.0. The molecule has 1 aromatic carbocycles. The van der Waals surface area contributed by atoms with Gasteiger partial charge in [-0.2, -0.15) is 13.2 Å². The number of hydrogen-bond acceptors (Lipinski definition) is 4. The molecule has 0 saturated carbocycles. The molecule has 1 aromatic heterocycles. The Kier molecular flexibility index (Phi) is 5.27. The highest BCUT2D eigenvalue weighted by Gasteiger charge is 2.33. The summed E-state index contributed by atoms with van der Waals surface area (Å²) in [4.78, 5) is 7.86. The number of ether oxygens (including phenoxy) is 1. The van der Waals surface area contributed by atoms with E-state index in [1.54, 1.807) is 24.3 Å². The fourth-order valence-corrected chi connectivity index (χ4v) is 1.99. The summed E-state index contributed by atoms with van der Waals surface area (Å²) >= 11 is 0. The lowest BCUT2D eigenvalue weighted by atomic mass is 10.2. The minimum absolute atomic E-state index is 0.135. The summed E-state index contributed by atoms with van der Waals surface area (Å²) in [5, 5.41) is 9.70. The molecule has 0 bridgehead atoms. The van der Waals surface area contributed by atoms with Crippen LogP contribution in [-0.2, 0) is 6.18 Å².